The molecule has 8 heteroatoms. The van der Waals surface area contributed by atoms with E-state index >= 15 is 0 Å². The van der Waals surface area contributed by atoms with Gasteiger partial charge in [0, 0.05) is 36.2 Å². The van der Waals surface area contributed by atoms with Crippen molar-refractivity contribution in [3.8, 4) is 0 Å². The average molecular weight is 865 g/mol. The Morgan fingerprint density at radius 3 is 1.39 bits per heavy atom. The van der Waals surface area contributed by atoms with E-state index in [1.165, 1.54) is 22.3 Å². The van der Waals surface area contributed by atoms with E-state index in [0.29, 0.717) is 73.9 Å². The van der Waals surface area contributed by atoms with Gasteiger partial charge in [-0.05, 0) is 134 Å². The zero-order chi connectivity index (χ0) is 45.8. The minimum Gasteiger partial charge on any atom is -0.458 e. The molecule has 0 aliphatic heterocycles. The fourth-order valence-electron chi connectivity index (χ4n) is 8.06. The molecule has 3 aliphatic rings. The summed E-state index contributed by atoms with van der Waals surface area (Å²) in [6.07, 6.45) is 20.6. The van der Waals surface area contributed by atoms with Crippen LogP contribution in [-0.4, -0.2) is 37.0 Å². The number of allylic oxidation sites excluding steroid dienone is 12. The molecular formula is C56H68N2O6. The molecule has 0 atom stereocenters. The Hall–Kier alpha value is -6.02. The molecule has 8 nitrogen and oxygen atoms in total. The fraction of sp³-hybridized carbons (Fsp3) is 0.393. The van der Waals surface area contributed by atoms with Crippen LogP contribution in [0, 0.1) is 0 Å². The third-order valence-electron chi connectivity index (χ3n) is 11.7. The predicted octanol–water partition coefficient (Wildman–Crippen LogP) is 12.0. The van der Waals surface area contributed by atoms with Crippen molar-refractivity contribution in [3.05, 3.63) is 175 Å². The van der Waals surface area contributed by atoms with Crippen molar-refractivity contribution in [2.24, 2.45) is 0 Å². The number of hydrogen-bond donors (Lipinski definition) is 2. The van der Waals surface area contributed by atoms with Gasteiger partial charge in [-0.3, -0.25) is 9.59 Å². The first-order valence-corrected chi connectivity index (χ1v) is 22.9. The van der Waals surface area contributed by atoms with Gasteiger partial charge >= 0.3 is 11.9 Å². The first-order chi connectivity index (χ1) is 30.9. The number of rotatable bonds is 21. The van der Waals surface area contributed by atoms with Gasteiger partial charge < -0.3 is 20.1 Å². The van der Waals surface area contributed by atoms with Crippen LogP contribution in [0.1, 0.15) is 130 Å². The molecule has 0 bridgehead atoms. The molecule has 5 rings (SSSR count). The van der Waals surface area contributed by atoms with Crippen LogP contribution in [-0.2, 0) is 41.7 Å². The van der Waals surface area contributed by atoms with Crippen molar-refractivity contribution in [1.82, 2.24) is 10.6 Å². The lowest BCUT2D eigenvalue weighted by Gasteiger charge is -2.24. The third-order valence-corrected chi connectivity index (χ3v) is 11.7. The number of amides is 2. The third kappa shape index (κ3) is 16.0. The first kappa shape index (κ1) is 49.0. The lowest BCUT2D eigenvalue weighted by molar-refractivity contribution is -0.140. The summed E-state index contributed by atoms with van der Waals surface area (Å²) in [5.74, 6) is -1.56. The largest absolute Gasteiger partial charge is 0.458 e. The minimum absolute atomic E-state index is 0.0102. The molecule has 0 saturated heterocycles. The molecule has 3 aliphatic carbocycles. The monoisotopic (exact) mass is 865 g/mol. The number of esters is 2. The van der Waals surface area contributed by atoms with Gasteiger partial charge in [-0.1, -0.05) is 131 Å². The molecule has 0 spiro atoms. The quantitative estimate of drug-likeness (QED) is 0.0955. The van der Waals surface area contributed by atoms with Gasteiger partial charge in [0.2, 0.25) is 11.8 Å². The molecule has 0 saturated carbocycles. The maximum Gasteiger partial charge on any atom is 0.335 e. The number of ether oxygens (including phenoxy) is 2. The zero-order valence-corrected chi connectivity index (χ0v) is 39.0. The maximum absolute atomic E-state index is 14.1. The first-order valence-electron chi connectivity index (χ1n) is 22.9. The molecule has 0 aromatic heterocycles. The second-order valence-corrected chi connectivity index (χ2v) is 17.8. The van der Waals surface area contributed by atoms with Crippen LogP contribution in [0.5, 0.6) is 0 Å². The van der Waals surface area contributed by atoms with Crippen molar-refractivity contribution in [3.63, 3.8) is 0 Å². The van der Waals surface area contributed by atoms with Crippen molar-refractivity contribution >= 4 is 23.8 Å². The van der Waals surface area contributed by atoms with Crippen molar-refractivity contribution in [1.29, 1.82) is 0 Å². The van der Waals surface area contributed by atoms with Crippen LogP contribution < -0.4 is 10.6 Å². The van der Waals surface area contributed by atoms with Crippen molar-refractivity contribution < 1.29 is 28.7 Å². The van der Waals surface area contributed by atoms with Crippen LogP contribution in [0.25, 0.3) is 0 Å². The molecule has 2 N–H and O–H groups in total. The normalized spacial score (nSPS) is 15.0. The lowest BCUT2D eigenvalue weighted by atomic mass is 9.88. The van der Waals surface area contributed by atoms with E-state index in [4.69, 9.17) is 9.47 Å². The smallest absolute Gasteiger partial charge is 0.335 e. The highest BCUT2D eigenvalue weighted by Crippen LogP contribution is 2.33. The standard InChI is InChI=1S/C56H68N2O6/c1-39(2)16-13-23-42-26-29-47(37-63-56(62)52-34-44(25-15-18-41(5)6)27-30-49(52)53(59)57-35-45-19-9-7-10-20-45)48(32-42)38-64-55(61)50-31-28-43(24-14-17-40(3)4)33-51(50)54(60)58-36-46-21-11-8-12-22-46/h7-12,16-22,26-28H,13-15,23-25,29-38H2,1-6H3,(H,57,59)(H,58,60). The van der Waals surface area contributed by atoms with E-state index in [1.54, 1.807) is 0 Å². The molecule has 2 aromatic carbocycles. The highest BCUT2D eigenvalue weighted by Gasteiger charge is 2.29. The highest BCUT2D eigenvalue weighted by molar-refractivity contribution is 6.04. The topological polar surface area (TPSA) is 111 Å². The highest BCUT2D eigenvalue weighted by atomic mass is 16.5. The van der Waals surface area contributed by atoms with Gasteiger partial charge in [0.25, 0.3) is 0 Å². The molecule has 64 heavy (non-hydrogen) atoms. The van der Waals surface area contributed by atoms with E-state index in [0.717, 1.165) is 71.9 Å². The Labute approximate surface area is 381 Å². The van der Waals surface area contributed by atoms with E-state index in [9.17, 15) is 19.2 Å². The Kier molecular flexibility index (Phi) is 19.4. The summed E-state index contributed by atoms with van der Waals surface area (Å²) in [6, 6.07) is 19.4. The van der Waals surface area contributed by atoms with Crippen LogP contribution in [0.15, 0.2) is 164 Å². The molecule has 0 fully saturated rings. The summed E-state index contributed by atoms with van der Waals surface area (Å²) in [4.78, 5) is 55.6. The summed E-state index contributed by atoms with van der Waals surface area (Å²) in [5.41, 5.74) is 12.6. The molecular weight excluding hydrogens is 797 g/mol. The summed E-state index contributed by atoms with van der Waals surface area (Å²) in [6.45, 7) is 13.2. The molecule has 0 radical (unpaired) electrons. The van der Waals surface area contributed by atoms with Crippen LogP contribution in [0.4, 0.5) is 0 Å². The molecule has 0 unspecified atom stereocenters. The van der Waals surface area contributed by atoms with Gasteiger partial charge in [-0.2, -0.15) is 0 Å². The SMILES string of the molecule is CC(C)=CCCC1=CCC(COC(=O)C2=C(C(=O)NCc3ccccc3)CC=C(CCC=C(C)C)C2)=C(COC(=O)C2=C(C(=O)NCc3ccccc3)CC(CCC=C(C)C)=CC2)C1. The number of carbonyl (C=O) groups is 4. The second-order valence-electron chi connectivity index (χ2n) is 17.8. The van der Waals surface area contributed by atoms with Crippen molar-refractivity contribution in [2.75, 3.05) is 13.2 Å². The lowest BCUT2D eigenvalue weighted by Crippen LogP contribution is -2.29. The van der Waals surface area contributed by atoms with Crippen molar-refractivity contribution in [2.45, 2.75) is 132 Å². The number of benzene rings is 2. The van der Waals surface area contributed by atoms with Crippen LogP contribution in [0.2, 0.25) is 0 Å². The van der Waals surface area contributed by atoms with Crippen LogP contribution >= 0.6 is 0 Å². The van der Waals surface area contributed by atoms with E-state index in [-0.39, 0.29) is 25.0 Å². The Morgan fingerprint density at radius 2 is 0.891 bits per heavy atom. The number of carbonyl (C=O) groups excluding carboxylic acids is 4. The van der Waals surface area contributed by atoms with Gasteiger partial charge in [0.15, 0.2) is 0 Å². The summed E-state index contributed by atoms with van der Waals surface area (Å²) < 4.78 is 12.2. The molecule has 338 valence electrons. The Bertz CT molecular complexity index is 2280. The molecule has 2 aromatic rings. The van der Waals surface area contributed by atoms with Gasteiger partial charge in [0.1, 0.15) is 13.2 Å². The number of hydrogen-bond acceptors (Lipinski definition) is 6. The van der Waals surface area contributed by atoms with E-state index in [1.807, 2.05) is 60.7 Å². The minimum atomic E-state index is -0.514. The van der Waals surface area contributed by atoms with Crippen LogP contribution in [0.3, 0.4) is 0 Å². The number of nitrogens with one attached hydrogen (secondary N) is 2. The van der Waals surface area contributed by atoms with Gasteiger partial charge in [-0.25, -0.2) is 9.59 Å². The molecule has 2 amide bonds. The van der Waals surface area contributed by atoms with Gasteiger partial charge in [0.05, 0.1) is 5.57 Å². The maximum atomic E-state index is 14.1. The Morgan fingerprint density at radius 1 is 0.484 bits per heavy atom. The second kappa shape index (κ2) is 25.3. The Balaban J connectivity index is 1.35. The fourth-order valence-corrected chi connectivity index (χ4v) is 8.06. The summed E-state index contributed by atoms with van der Waals surface area (Å²) in [5, 5.41) is 6.06. The molecule has 0 heterocycles. The predicted molar refractivity (Wildman–Crippen MR) is 258 cm³/mol. The summed E-state index contributed by atoms with van der Waals surface area (Å²) >= 11 is 0. The summed E-state index contributed by atoms with van der Waals surface area (Å²) in [7, 11) is 0. The van der Waals surface area contributed by atoms with Gasteiger partial charge in [-0.15, -0.1) is 0 Å². The zero-order valence-electron chi connectivity index (χ0n) is 39.0. The average Bonchev–Trinajstić information content (AvgIpc) is 3.29. The van der Waals surface area contributed by atoms with E-state index in [2.05, 4.69) is 88.6 Å². The van der Waals surface area contributed by atoms with E-state index < -0.39 is 11.9 Å².